The number of hydrogen-bond acceptors (Lipinski definition) is 3. The van der Waals surface area contributed by atoms with Crippen LogP contribution in [-0.2, 0) is 9.47 Å². The summed E-state index contributed by atoms with van der Waals surface area (Å²) in [6.07, 6.45) is 8.07. The predicted octanol–water partition coefficient (Wildman–Crippen LogP) is 2.82. The van der Waals surface area contributed by atoms with E-state index in [2.05, 4.69) is 10.6 Å². The summed E-state index contributed by atoms with van der Waals surface area (Å²) < 4.78 is 11.1. The number of rotatable bonds is 7. The Kier molecular flexibility index (Phi) is 5.25. The Balaban J connectivity index is 1.49. The molecule has 4 aliphatic carbocycles. The molecule has 22 heavy (non-hydrogen) atoms. The first-order valence-corrected chi connectivity index (χ1v) is 9.32. The molecule has 4 aliphatic rings. The summed E-state index contributed by atoms with van der Waals surface area (Å²) in [7, 11) is 0. The lowest BCUT2D eigenvalue weighted by molar-refractivity contribution is -0.131. The van der Waals surface area contributed by atoms with Crippen LogP contribution in [0.25, 0.3) is 0 Å². The quantitative estimate of drug-likeness (QED) is 0.556. The second kappa shape index (κ2) is 7.02. The SMILES string of the molecule is CCOC(CNC(=S)NC12CC3CC(CC(C3)C1)C2)OCC. The summed E-state index contributed by atoms with van der Waals surface area (Å²) in [6, 6.07) is 0. The van der Waals surface area contributed by atoms with Crippen LogP contribution >= 0.6 is 12.2 Å². The first kappa shape index (κ1) is 16.5. The molecule has 5 heteroatoms. The van der Waals surface area contributed by atoms with Crippen LogP contribution < -0.4 is 10.6 Å². The zero-order valence-electron chi connectivity index (χ0n) is 13.9. The number of nitrogens with one attached hydrogen (secondary N) is 2. The molecule has 0 atom stereocenters. The third-order valence-electron chi connectivity index (χ3n) is 5.55. The fraction of sp³-hybridized carbons (Fsp3) is 0.941. The lowest BCUT2D eigenvalue weighted by Gasteiger charge is -2.57. The average Bonchev–Trinajstić information content (AvgIpc) is 2.43. The Hall–Kier alpha value is -0.390. The first-order valence-electron chi connectivity index (χ1n) is 8.91. The zero-order valence-corrected chi connectivity index (χ0v) is 14.7. The highest BCUT2D eigenvalue weighted by molar-refractivity contribution is 7.80. The Morgan fingerprint density at radius 1 is 1.05 bits per heavy atom. The third-order valence-corrected chi connectivity index (χ3v) is 5.80. The average molecular weight is 327 g/mol. The number of thiocarbonyl (C=S) groups is 1. The van der Waals surface area contributed by atoms with Gasteiger partial charge in [0.1, 0.15) is 0 Å². The molecule has 0 amide bonds. The minimum Gasteiger partial charge on any atom is -0.358 e. The van der Waals surface area contributed by atoms with Crippen LogP contribution in [0.2, 0.25) is 0 Å². The van der Waals surface area contributed by atoms with E-state index in [1.54, 1.807) is 0 Å². The predicted molar refractivity (Wildman–Crippen MR) is 91.7 cm³/mol. The second-order valence-corrected chi connectivity index (χ2v) is 7.78. The van der Waals surface area contributed by atoms with Crippen LogP contribution in [0.1, 0.15) is 52.4 Å². The molecule has 2 N–H and O–H groups in total. The summed E-state index contributed by atoms with van der Waals surface area (Å²) in [4.78, 5) is 0. The molecular weight excluding hydrogens is 296 g/mol. The number of hydrogen-bond donors (Lipinski definition) is 2. The van der Waals surface area contributed by atoms with E-state index in [9.17, 15) is 0 Å². The van der Waals surface area contributed by atoms with E-state index < -0.39 is 0 Å². The van der Waals surface area contributed by atoms with Crippen molar-refractivity contribution in [3.05, 3.63) is 0 Å². The summed E-state index contributed by atoms with van der Waals surface area (Å²) in [5, 5.41) is 7.74. The zero-order chi connectivity index (χ0) is 15.6. The van der Waals surface area contributed by atoms with Crippen molar-refractivity contribution in [2.45, 2.75) is 64.2 Å². The van der Waals surface area contributed by atoms with Gasteiger partial charge in [-0.05, 0) is 82.3 Å². The van der Waals surface area contributed by atoms with Gasteiger partial charge in [-0.2, -0.15) is 0 Å². The molecule has 0 aromatic heterocycles. The molecule has 4 saturated carbocycles. The van der Waals surface area contributed by atoms with Crippen molar-refractivity contribution in [2.24, 2.45) is 17.8 Å². The molecule has 0 radical (unpaired) electrons. The van der Waals surface area contributed by atoms with Gasteiger partial charge in [0.25, 0.3) is 0 Å². The molecule has 4 rings (SSSR count). The van der Waals surface area contributed by atoms with Crippen LogP contribution in [0.15, 0.2) is 0 Å². The molecule has 0 saturated heterocycles. The van der Waals surface area contributed by atoms with Gasteiger partial charge < -0.3 is 20.1 Å². The molecule has 0 aromatic carbocycles. The van der Waals surface area contributed by atoms with Crippen LogP contribution in [0, 0.1) is 17.8 Å². The van der Waals surface area contributed by atoms with E-state index in [-0.39, 0.29) is 11.8 Å². The van der Waals surface area contributed by atoms with Crippen molar-refractivity contribution in [1.82, 2.24) is 10.6 Å². The minimum atomic E-state index is -0.217. The molecule has 4 bridgehead atoms. The topological polar surface area (TPSA) is 42.5 Å². The van der Waals surface area contributed by atoms with Crippen molar-refractivity contribution in [3.8, 4) is 0 Å². The van der Waals surface area contributed by atoms with Crippen molar-refractivity contribution < 1.29 is 9.47 Å². The van der Waals surface area contributed by atoms with Gasteiger partial charge in [0.15, 0.2) is 11.4 Å². The summed E-state index contributed by atoms with van der Waals surface area (Å²) in [5.41, 5.74) is 0.269. The summed E-state index contributed by atoms with van der Waals surface area (Å²) in [6.45, 7) is 5.89. The summed E-state index contributed by atoms with van der Waals surface area (Å²) >= 11 is 5.54. The van der Waals surface area contributed by atoms with E-state index in [4.69, 9.17) is 21.7 Å². The van der Waals surface area contributed by atoms with Gasteiger partial charge in [0.05, 0.1) is 6.54 Å². The highest BCUT2D eigenvalue weighted by Gasteiger charge is 2.51. The van der Waals surface area contributed by atoms with Crippen LogP contribution in [0.5, 0.6) is 0 Å². The van der Waals surface area contributed by atoms with E-state index >= 15 is 0 Å². The molecular formula is C17H30N2O2S. The van der Waals surface area contributed by atoms with Crippen molar-refractivity contribution in [3.63, 3.8) is 0 Å². The molecule has 126 valence electrons. The van der Waals surface area contributed by atoms with Gasteiger partial charge in [-0.15, -0.1) is 0 Å². The van der Waals surface area contributed by atoms with Crippen LogP contribution in [0.4, 0.5) is 0 Å². The Morgan fingerprint density at radius 2 is 1.55 bits per heavy atom. The molecule has 4 fully saturated rings. The first-order chi connectivity index (χ1) is 10.6. The highest BCUT2D eigenvalue weighted by Crippen LogP contribution is 2.55. The summed E-state index contributed by atoms with van der Waals surface area (Å²) in [5.74, 6) is 2.79. The fourth-order valence-electron chi connectivity index (χ4n) is 5.26. The lowest BCUT2D eigenvalue weighted by Crippen LogP contribution is -2.61. The monoisotopic (exact) mass is 326 g/mol. The van der Waals surface area contributed by atoms with Gasteiger partial charge in [0.2, 0.25) is 0 Å². The second-order valence-electron chi connectivity index (χ2n) is 7.37. The van der Waals surface area contributed by atoms with Gasteiger partial charge in [-0.25, -0.2) is 0 Å². The van der Waals surface area contributed by atoms with Gasteiger partial charge >= 0.3 is 0 Å². The smallest absolute Gasteiger partial charge is 0.174 e. The van der Waals surface area contributed by atoms with Gasteiger partial charge in [-0.1, -0.05) is 0 Å². The minimum absolute atomic E-state index is 0.217. The van der Waals surface area contributed by atoms with Crippen molar-refractivity contribution >= 4 is 17.3 Å². The largest absolute Gasteiger partial charge is 0.358 e. The fourth-order valence-corrected chi connectivity index (χ4v) is 5.56. The van der Waals surface area contributed by atoms with Crippen LogP contribution in [0.3, 0.4) is 0 Å². The molecule has 0 unspecified atom stereocenters. The van der Waals surface area contributed by atoms with Crippen molar-refractivity contribution in [1.29, 1.82) is 0 Å². The van der Waals surface area contributed by atoms with Crippen LogP contribution in [-0.4, -0.2) is 36.7 Å². The maximum Gasteiger partial charge on any atom is 0.174 e. The molecule has 0 spiro atoms. The lowest BCUT2D eigenvalue weighted by atomic mass is 9.53. The van der Waals surface area contributed by atoms with E-state index in [0.29, 0.717) is 19.8 Å². The number of ether oxygens (including phenoxy) is 2. The normalized spacial score (nSPS) is 35.9. The maximum absolute atomic E-state index is 5.55. The molecule has 0 aliphatic heterocycles. The Bertz CT molecular complexity index is 361. The van der Waals surface area contributed by atoms with Crippen molar-refractivity contribution in [2.75, 3.05) is 19.8 Å². The van der Waals surface area contributed by atoms with E-state index in [1.807, 2.05) is 13.8 Å². The van der Waals surface area contributed by atoms with E-state index in [1.165, 1.54) is 38.5 Å². The third kappa shape index (κ3) is 3.74. The standard InChI is InChI=1S/C17H30N2O2S/c1-3-20-15(21-4-2)11-18-16(22)19-17-8-12-5-13(9-17)7-14(6-12)10-17/h12-15H,3-11H2,1-2H3,(H2,18,19,22). The highest BCUT2D eigenvalue weighted by atomic mass is 32.1. The van der Waals surface area contributed by atoms with Gasteiger partial charge in [-0.3, -0.25) is 0 Å². The molecule has 0 aromatic rings. The molecule has 0 heterocycles. The van der Waals surface area contributed by atoms with Gasteiger partial charge in [0, 0.05) is 18.8 Å². The Morgan fingerprint density at radius 3 is 2.00 bits per heavy atom. The maximum atomic E-state index is 5.55. The van der Waals surface area contributed by atoms with E-state index in [0.717, 1.165) is 22.9 Å². The molecule has 4 nitrogen and oxygen atoms in total. The Labute approximate surface area is 139 Å².